The number of carbonyl (C=O) groups excluding carboxylic acids is 1. The van der Waals surface area contributed by atoms with Gasteiger partial charge in [-0.15, -0.1) is 0 Å². The number of unbranched alkanes of at least 4 members (excludes halogenated alkanes) is 1. The summed E-state index contributed by atoms with van der Waals surface area (Å²) in [6, 6.07) is 11.3. The lowest BCUT2D eigenvalue weighted by atomic mass is 10.1. The van der Waals surface area contributed by atoms with E-state index in [1.165, 1.54) is 7.11 Å². The highest BCUT2D eigenvalue weighted by Gasteiger charge is 2.27. The molecule has 0 N–H and O–H groups in total. The molecule has 0 radical (unpaired) electrons. The zero-order valence-electron chi connectivity index (χ0n) is 14.4. The maximum Gasteiger partial charge on any atom is 0.323 e. The van der Waals surface area contributed by atoms with Gasteiger partial charge in [0.1, 0.15) is 6.04 Å². The molecule has 1 atom stereocenters. The quantitative estimate of drug-likeness (QED) is 0.662. The fourth-order valence-electron chi connectivity index (χ4n) is 2.66. The van der Waals surface area contributed by atoms with Gasteiger partial charge in [0.2, 0.25) is 0 Å². The Morgan fingerprint density at radius 1 is 1.08 bits per heavy atom. The van der Waals surface area contributed by atoms with Crippen LogP contribution < -0.4 is 0 Å². The summed E-state index contributed by atoms with van der Waals surface area (Å²) in [5.74, 6) is -0.199. The highest BCUT2D eigenvalue weighted by Crippen LogP contribution is 2.17. The number of ether oxygens (including phenoxy) is 1. The number of methoxy groups -OCH3 is 1. The first-order valence-electron chi connectivity index (χ1n) is 8.36. The second-order valence-corrected chi connectivity index (χ2v) is 5.73. The summed E-state index contributed by atoms with van der Waals surface area (Å²) in [6.45, 7) is 3.29. The van der Waals surface area contributed by atoms with Gasteiger partial charge in [-0.25, -0.2) is 0 Å². The molecule has 5 heteroatoms. The molecule has 5 nitrogen and oxygen atoms in total. The molecular formula is C19H25N3O2. The van der Waals surface area contributed by atoms with Crippen molar-refractivity contribution in [3.05, 3.63) is 60.2 Å². The summed E-state index contributed by atoms with van der Waals surface area (Å²) in [4.78, 5) is 23.2. The van der Waals surface area contributed by atoms with Crippen LogP contribution in [0.1, 0.15) is 37.6 Å². The predicted molar refractivity (Wildman–Crippen MR) is 93.1 cm³/mol. The Hall–Kier alpha value is -2.27. The zero-order chi connectivity index (χ0) is 17.2. The van der Waals surface area contributed by atoms with Gasteiger partial charge in [-0.3, -0.25) is 19.7 Å². The Bertz CT molecular complexity index is 563. The SMILES string of the molecule is CCCCC(C(=O)OC)N(Cc1ccccn1)Cc1ccccn1. The summed E-state index contributed by atoms with van der Waals surface area (Å²) in [7, 11) is 1.45. The maximum atomic E-state index is 12.3. The molecule has 0 aliphatic heterocycles. The van der Waals surface area contributed by atoms with E-state index in [2.05, 4.69) is 21.8 Å². The van der Waals surface area contributed by atoms with Crippen LogP contribution in [-0.2, 0) is 22.6 Å². The summed E-state index contributed by atoms with van der Waals surface area (Å²) in [5.41, 5.74) is 1.86. The van der Waals surface area contributed by atoms with Crippen molar-refractivity contribution in [3.8, 4) is 0 Å². The minimum absolute atomic E-state index is 0.199. The van der Waals surface area contributed by atoms with Crippen LogP contribution in [0.4, 0.5) is 0 Å². The third kappa shape index (κ3) is 5.42. The molecule has 2 rings (SSSR count). The summed E-state index contributed by atoms with van der Waals surface area (Å²) < 4.78 is 5.04. The molecular weight excluding hydrogens is 302 g/mol. The summed E-state index contributed by atoms with van der Waals surface area (Å²) in [6.07, 6.45) is 6.32. The van der Waals surface area contributed by atoms with E-state index in [-0.39, 0.29) is 12.0 Å². The van der Waals surface area contributed by atoms with Gasteiger partial charge < -0.3 is 4.74 Å². The Labute approximate surface area is 143 Å². The van der Waals surface area contributed by atoms with Crippen LogP contribution in [0.5, 0.6) is 0 Å². The van der Waals surface area contributed by atoms with Crippen molar-refractivity contribution in [2.45, 2.75) is 45.3 Å². The van der Waals surface area contributed by atoms with E-state index in [0.29, 0.717) is 13.1 Å². The lowest BCUT2D eigenvalue weighted by Crippen LogP contribution is -2.41. The molecule has 0 aliphatic rings. The summed E-state index contributed by atoms with van der Waals surface area (Å²) >= 11 is 0. The van der Waals surface area contributed by atoms with Crippen LogP contribution in [0.25, 0.3) is 0 Å². The van der Waals surface area contributed by atoms with Crippen LogP contribution in [0.3, 0.4) is 0 Å². The Kier molecular flexibility index (Phi) is 7.36. The van der Waals surface area contributed by atoms with Gasteiger partial charge in [0.05, 0.1) is 18.5 Å². The molecule has 0 saturated carbocycles. The number of esters is 1. The molecule has 0 aliphatic carbocycles. The molecule has 0 amide bonds. The molecule has 0 fully saturated rings. The van der Waals surface area contributed by atoms with Crippen molar-refractivity contribution in [3.63, 3.8) is 0 Å². The van der Waals surface area contributed by atoms with Crippen molar-refractivity contribution < 1.29 is 9.53 Å². The van der Waals surface area contributed by atoms with Crippen molar-refractivity contribution >= 4 is 5.97 Å². The Morgan fingerprint density at radius 2 is 1.67 bits per heavy atom. The minimum Gasteiger partial charge on any atom is -0.468 e. The van der Waals surface area contributed by atoms with Crippen LogP contribution in [0.2, 0.25) is 0 Å². The topological polar surface area (TPSA) is 55.3 Å². The van der Waals surface area contributed by atoms with E-state index in [1.807, 2.05) is 36.4 Å². The lowest BCUT2D eigenvalue weighted by molar-refractivity contribution is -0.148. The minimum atomic E-state index is -0.293. The molecule has 0 spiro atoms. The Balaban J connectivity index is 2.22. The average Bonchev–Trinajstić information content (AvgIpc) is 2.63. The first kappa shape index (κ1) is 18.1. The largest absolute Gasteiger partial charge is 0.468 e. The van der Waals surface area contributed by atoms with E-state index in [4.69, 9.17) is 4.74 Å². The number of rotatable bonds is 9. The van der Waals surface area contributed by atoms with E-state index in [9.17, 15) is 4.79 Å². The second kappa shape index (κ2) is 9.78. The third-order valence-corrected chi connectivity index (χ3v) is 3.93. The number of pyridine rings is 2. The van der Waals surface area contributed by atoms with Gasteiger partial charge in [-0.1, -0.05) is 31.9 Å². The van der Waals surface area contributed by atoms with Gasteiger partial charge in [-0.2, -0.15) is 0 Å². The standard InChI is InChI=1S/C19H25N3O2/c1-3-4-11-18(19(23)24-2)22(14-16-9-5-7-12-20-16)15-17-10-6-8-13-21-17/h5-10,12-13,18H,3-4,11,14-15H2,1-2H3. The molecule has 2 heterocycles. The van der Waals surface area contributed by atoms with Crippen molar-refractivity contribution in [1.29, 1.82) is 0 Å². The zero-order valence-corrected chi connectivity index (χ0v) is 14.4. The molecule has 0 aromatic carbocycles. The van der Waals surface area contributed by atoms with Crippen LogP contribution in [0, 0.1) is 0 Å². The molecule has 1 unspecified atom stereocenters. The highest BCUT2D eigenvalue weighted by molar-refractivity contribution is 5.75. The molecule has 128 valence electrons. The summed E-state index contributed by atoms with van der Waals surface area (Å²) in [5, 5.41) is 0. The predicted octanol–water partition coefficient (Wildman–Crippen LogP) is 3.21. The molecule has 0 saturated heterocycles. The van der Waals surface area contributed by atoms with Crippen LogP contribution in [0.15, 0.2) is 48.8 Å². The van der Waals surface area contributed by atoms with Gasteiger partial charge >= 0.3 is 5.97 Å². The third-order valence-electron chi connectivity index (χ3n) is 3.93. The van der Waals surface area contributed by atoms with Crippen molar-refractivity contribution in [1.82, 2.24) is 14.9 Å². The number of carbonyl (C=O) groups is 1. The van der Waals surface area contributed by atoms with E-state index >= 15 is 0 Å². The smallest absolute Gasteiger partial charge is 0.323 e. The maximum absolute atomic E-state index is 12.3. The van der Waals surface area contributed by atoms with E-state index < -0.39 is 0 Å². The number of hydrogen-bond acceptors (Lipinski definition) is 5. The number of hydrogen-bond donors (Lipinski definition) is 0. The van der Waals surface area contributed by atoms with Gasteiger partial charge in [0.15, 0.2) is 0 Å². The molecule has 2 aromatic rings. The van der Waals surface area contributed by atoms with Gasteiger partial charge in [-0.05, 0) is 30.7 Å². The van der Waals surface area contributed by atoms with Crippen molar-refractivity contribution in [2.75, 3.05) is 7.11 Å². The van der Waals surface area contributed by atoms with Gasteiger partial charge in [0.25, 0.3) is 0 Å². The fourth-order valence-corrected chi connectivity index (χ4v) is 2.66. The van der Waals surface area contributed by atoms with E-state index in [1.54, 1.807) is 12.4 Å². The van der Waals surface area contributed by atoms with Gasteiger partial charge in [0, 0.05) is 25.5 Å². The Morgan fingerprint density at radius 3 is 2.08 bits per heavy atom. The normalized spacial score (nSPS) is 12.1. The first-order chi connectivity index (χ1) is 11.7. The molecule has 24 heavy (non-hydrogen) atoms. The number of aromatic nitrogens is 2. The monoisotopic (exact) mass is 327 g/mol. The van der Waals surface area contributed by atoms with E-state index in [0.717, 1.165) is 30.7 Å². The van der Waals surface area contributed by atoms with Crippen molar-refractivity contribution in [2.24, 2.45) is 0 Å². The molecule has 2 aromatic heterocycles. The average molecular weight is 327 g/mol. The second-order valence-electron chi connectivity index (χ2n) is 5.73. The highest BCUT2D eigenvalue weighted by atomic mass is 16.5. The number of nitrogens with zero attached hydrogens (tertiary/aromatic N) is 3. The molecule has 0 bridgehead atoms. The van der Waals surface area contributed by atoms with Crippen LogP contribution in [-0.4, -0.2) is 34.0 Å². The first-order valence-corrected chi connectivity index (χ1v) is 8.36. The fraction of sp³-hybridized carbons (Fsp3) is 0.421. The van der Waals surface area contributed by atoms with Crippen LogP contribution >= 0.6 is 0 Å². The lowest BCUT2D eigenvalue weighted by Gasteiger charge is -2.29.